The Hall–Kier alpha value is -0.770. The Morgan fingerprint density at radius 1 is 1.31 bits per heavy atom. The van der Waals surface area contributed by atoms with Crippen molar-refractivity contribution in [1.29, 1.82) is 0 Å². The predicted octanol–water partition coefficient (Wildman–Crippen LogP) is 2.13. The van der Waals surface area contributed by atoms with E-state index in [4.69, 9.17) is 10.5 Å². The van der Waals surface area contributed by atoms with Crippen LogP contribution in [0.1, 0.15) is 25.5 Å². The van der Waals surface area contributed by atoms with Crippen molar-refractivity contribution in [3.8, 4) is 5.75 Å². The first kappa shape index (κ1) is 15.2. The van der Waals surface area contributed by atoms with Gasteiger partial charge < -0.3 is 15.6 Å². The summed E-state index contributed by atoms with van der Waals surface area (Å²) in [5.74, 6) is 0.908. The fourth-order valence-electron chi connectivity index (χ4n) is 1.46. The summed E-state index contributed by atoms with van der Waals surface area (Å²) in [6.45, 7) is 3.90. The molecule has 0 aliphatic rings. The second-order valence-electron chi connectivity index (χ2n) is 4.04. The zero-order valence-electron chi connectivity index (χ0n) is 9.88. The van der Waals surface area contributed by atoms with E-state index in [1.807, 2.05) is 38.1 Å². The minimum Gasteiger partial charge on any atom is -0.497 e. The fourth-order valence-corrected chi connectivity index (χ4v) is 1.46. The van der Waals surface area contributed by atoms with Crippen molar-refractivity contribution in [3.05, 3.63) is 29.8 Å². The van der Waals surface area contributed by atoms with Gasteiger partial charge in [-0.15, -0.1) is 12.4 Å². The molecule has 3 N–H and O–H groups in total. The van der Waals surface area contributed by atoms with Crippen molar-refractivity contribution in [1.82, 2.24) is 0 Å². The van der Waals surface area contributed by atoms with Gasteiger partial charge in [0, 0.05) is 0 Å². The van der Waals surface area contributed by atoms with E-state index in [9.17, 15) is 5.11 Å². The number of methoxy groups -OCH3 is 1. The molecular weight excluding hydrogens is 226 g/mol. The largest absolute Gasteiger partial charge is 0.497 e. The normalized spacial score (nSPS) is 14.1. The van der Waals surface area contributed by atoms with Crippen molar-refractivity contribution in [2.24, 2.45) is 11.7 Å². The van der Waals surface area contributed by atoms with Gasteiger partial charge in [0.25, 0.3) is 0 Å². The molecule has 0 saturated carbocycles. The molecule has 1 aromatic carbocycles. The Balaban J connectivity index is 0.00000225. The second kappa shape index (κ2) is 6.74. The number of aliphatic hydroxyl groups excluding tert-OH is 1. The van der Waals surface area contributed by atoms with Crippen LogP contribution >= 0.6 is 12.4 Å². The van der Waals surface area contributed by atoms with E-state index in [0.717, 1.165) is 11.3 Å². The summed E-state index contributed by atoms with van der Waals surface area (Å²) in [6, 6.07) is 7.13. The first-order valence-electron chi connectivity index (χ1n) is 5.14. The van der Waals surface area contributed by atoms with Gasteiger partial charge in [0.1, 0.15) is 5.75 Å². The second-order valence-corrected chi connectivity index (χ2v) is 4.04. The first-order chi connectivity index (χ1) is 7.06. The van der Waals surface area contributed by atoms with Crippen LogP contribution in [0.15, 0.2) is 24.3 Å². The van der Waals surface area contributed by atoms with Crippen molar-refractivity contribution in [2.75, 3.05) is 7.11 Å². The predicted molar refractivity (Wildman–Crippen MR) is 68.0 cm³/mol. The molecule has 1 aromatic rings. The highest BCUT2D eigenvalue weighted by Crippen LogP contribution is 2.22. The van der Waals surface area contributed by atoms with Gasteiger partial charge in [0.2, 0.25) is 0 Å². The molecule has 2 atom stereocenters. The van der Waals surface area contributed by atoms with Gasteiger partial charge in [-0.3, -0.25) is 0 Å². The standard InChI is InChI=1S/C12H19NO2.ClH/c1-8(2)12(14)11(13)9-5-4-6-10(7-9)15-3;/h4-8,11-12,14H,13H2,1-3H3;1H/t11-,12+;/m0./s1. The van der Waals surface area contributed by atoms with E-state index in [1.54, 1.807) is 7.11 Å². The molecule has 0 bridgehead atoms. The number of nitrogens with two attached hydrogens (primary N) is 1. The maximum absolute atomic E-state index is 9.85. The fraction of sp³-hybridized carbons (Fsp3) is 0.500. The van der Waals surface area contributed by atoms with Crippen molar-refractivity contribution < 1.29 is 9.84 Å². The zero-order chi connectivity index (χ0) is 11.4. The van der Waals surface area contributed by atoms with Crippen LogP contribution in [0.2, 0.25) is 0 Å². The van der Waals surface area contributed by atoms with E-state index >= 15 is 0 Å². The van der Waals surface area contributed by atoms with Gasteiger partial charge in [-0.2, -0.15) is 0 Å². The van der Waals surface area contributed by atoms with Gasteiger partial charge in [0.15, 0.2) is 0 Å². The molecule has 0 heterocycles. The summed E-state index contributed by atoms with van der Waals surface area (Å²) in [5.41, 5.74) is 6.86. The van der Waals surface area contributed by atoms with Crippen LogP contribution in [0.3, 0.4) is 0 Å². The van der Waals surface area contributed by atoms with E-state index in [-0.39, 0.29) is 24.4 Å². The molecule has 0 aliphatic carbocycles. The molecule has 0 spiro atoms. The molecule has 0 radical (unpaired) electrons. The average Bonchev–Trinajstić information content (AvgIpc) is 2.27. The summed E-state index contributed by atoms with van der Waals surface area (Å²) in [6.07, 6.45) is -0.530. The Labute approximate surface area is 103 Å². The third-order valence-electron chi connectivity index (χ3n) is 2.53. The molecule has 0 aliphatic heterocycles. The van der Waals surface area contributed by atoms with Crippen LogP contribution in [0, 0.1) is 5.92 Å². The van der Waals surface area contributed by atoms with Crippen molar-refractivity contribution >= 4 is 12.4 Å². The Bertz CT molecular complexity index is 318. The van der Waals surface area contributed by atoms with Crippen molar-refractivity contribution in [3.63, 3.8) is 0 Å². The number of ether oxygens (including phenoxy) is 1. The highest BCUT2D eigenvalue weighted by molar-refractivity contribution is 5.85. The van der Waals surface area contributed by atoms with Crippen LogP contribution in [0.4, 0.5) is 0 Å². The summed E-state index contributed by atoms with van der Waals surface area (Å²) >= 11 is 0. The minimum atomic E-state index is -0.530. The number of benzene rings is 1. The lowest BCUT2D eigenvalue weighted by molar-refractivity contribution is 0.0979. The van der Waals surface area contributed by atoms with Gasteiger partial charge in [-0.05, 0) is 23.6 Å². The van der Waals surface area contributed by atoms with Gasteiger partial charge >= 0.3 is 0 Å². The summed E-state index contributed by atoms with van der Waals surface area (Å²) in [4.78, 5) is 0. The Kier molecular flexibility index (Phi) is 6.41. The van der Waals surface area contributed by atoms with Crippen LogP contribution in [-0.2, 0) is 0 Å². The smallest absolute Gasteiger partial charge is 0.119 e. The molecule has 0 unspecified atom stereocenters. The quantitative estimate of drug-likeness (QED) is 0.855. The molecule has 3 nitrogen and oxygen atoms in total. The number of aliphatic hydroxyl groups is 1. The Morgan fingerprint density at radius 2 is 1.94 bits per heavy atom. The van der Waals surface area contributed by atoms with E-state index < -0.39 is 6.10 Å². The molecule has 16 heavy (non-hydrogen) atoms. The SMILES string of the molecule is COc1cccc([C@H](N)[C@H](O)C(C)C)c1.Cl. The molecular formula is C12H20ClNO2. The molecule has 0 saturated heterocycles. The van der Waals surface area contributed by atoms with Crippen LogP contribution < -0.4 is 10.5 Å². The molecule has 0 amide bonds. The first-order valence-corrected chi connectivity index (χ1v) is 5.14. The molecule has 1 rings (SSSR count). The topological polar surface area (TPSA) is 55.5 Å². The maximum atomic E-state index is 9.85. The number of hydrogen-bond acceptors (Lipinski definition) is 3. The third-order valence-corrected chi connectivity index (χ3v) is 2.53. The number of halogens is 1. The Morgan fingerprint density at radius 3 is 2.44 bits per heavy atom. The lowest BCUT2D eigenvalue weighted by atomic mass is 9.94. The average molecular weight is 246 g/mol. The third kappa shape index (κ3) is 3.67. The molecule has 0 aromatic heterocycles. The van der Waals surface area contributed by atoms with Gasteiger partial charge in [0.05, 0.1) is 19.3 Å². The summed E-state index contributed by atoms with van der Waals surface area (Å²) in [7, 11) is 1.61. The van der Waals surface area contributed by atoms with E-state index in [1.165, 1.54) is 0 Å². The summed E-state index contributed by atoms with van der Waals surface area (Å²) in [5, 5.41) is 9.85. The highest BCUT2D eigenvalue weighted by Gasteiger charge is 2.20. The minimum absolute atomic E-state index is 0. The summed E-state index contributed by atoms with van der Waals surface area (Å²) < 4.78 is 5.11. The zero-order valence-corrected chi connectivity index (χ0v) is 10.7. The van der Waals surface area contributed by atoms with Crippen LogP contribution in [0.25, 0.3) is 0 Å². The number of rotatable bonds is 4. The van der Waals surface area contributed by atoms with Crippen molar-refractivity contribution in [2.45, 2.75) is 26.0 Å². The van der Waals surface area contributed by atoms with E-state index in [0.29, 0.717) is 0 Å². The monoisotopic (exact) mass is 245 g/mol. The maximum Gasteiger partial charge on any atom is 0.119 e. The lowest BCUT2D eigenvalue weighted by Crippen LogP contribution is -2.30. The lowest BCUT2D eigenvalue weighted by Gasteiger charge is -2.22. The van der Waals surface area contributed by atoms with Crippen LogP contribution in [-0.4, -0.2) is 18.3 Å². The van der Waals surface area contributed by atoms with Gasteiger partial charge in [-0.1, -0.05) is 26.0 Å². The number of hydrogen-bond donors (Lipinski definition) is 2. The van der Waals surface area contributed by atoms with E-state index in [2.05, 4.69) is 0 Å². The highest BCUT2D eigenvalue weighted by atomic mass is 35.5. The molecule has 4 heteroatoms. The van der Waals surface area contributed by atoms with Crippen LogP contribution in [0.5, 0.6) is 5.75 Å². The molecule has 0 fully saturated rings. The molecule has 92 valence electrons. The van der Waals surface area contributed by atoms with Gasteiger partial charge in [-0.25, -0.2) is 0 Å².